The van der Waals surface area contributed by atoms with Gasteiger partial charge in [-0.25, -0.2) is 15.0 Å². The summed E-state index contributed by atoms with van der Waals surface area (Å²) in [5.74, 6) is 0.720. The van der Waals surface area contributed by atoms with Crippen molar-refractivity contribution in [3.05, 3.63) is 65.7 Å². The van der Waals surface area contributed by atoms with E-state index in [2.05, 4.69) is 51.5 Å². The second kappa shape index (κ2) is 7.49. The zero-order valence-electron chi connectivity index (χ0n) is 13.8. The molecule has 3 N–H and O–H groups in total. The third-order valence-corrected chi connectivity index (χ3v) is 4.62. The number of H-pyrrole nitrogens is 1. The van der Waals surface area contributed by atoms with Crippen LogP contribution in [-0.4, -0.2) is 31.5 Å². The number of anilines is 3. The van der Waals surface area contributed by atoms with Crippen LogP contribution >= 0.6 is 15.9 Å². The number of nitrogens with one attached hydrogen (secondary N) is 3. The van der Waals surface area contributed by atoms with Gasteiger partial charge in [-0.3, -0.25) is 4.98 Å². The number of aromatic nitrogens is 5. The van der Waals surface area contributed by atoms with E-state index in [9.17, 15) is 0 Å². The normalized spacial score (nSPS) is 10.8. The number of rotatable bonds is 6. The van der Waals surface area contributed by atoms with E-state index in [-0.39, 0.29) is 0 Å². The number of imidazole rings is 1. The van der Waals surface area contributed by atoms with Crippen LogP contribution in [0.3, 0.4) is 0 Å². The summed E-state index contributed by atoms with van der Waals surface area (Å²) in [5, 5.41) is 7.74. The Morgan fingerprint density at radius 2 is 2.04 bits per heavy atom. The topological polar surface area (TPSA) is 91.4 Å². The maximum absolute atomic E-state index is 4.38. The van der Waals surface area contributed by atoms with Gasteiger partial charge in [-0.05, 0) is 34.1 Å². The standard InChI is InChI=1S/C18H16BrN7/c19-14-2-1-3-16(17(14)22-7-4-12-8-21-10-23-12)26-18-13-9-20-6-5-15(13)24-11-25-18/h1-3,5-6,8-11,22H,4,7H2,(H,21,23)(H,24,25,26). The summed E-state index contributed by atoms with van der Waals surface area (Å²) < 4.78 is 0.976. The minimum absolute atomic E-state index is 0.720. The van der Waals surface area contributed by atoms with Crippen molar-refractivity contribution in [3.63, 3.8) is 0 Å². The number of hydrogen-bond acceptors (Lipinski definition) is 6. The zero-order valence-corrected chi connectivity index (χ0v) is 15.4. The van der Waals surface area contributed by atoms with Crippen molar-refractivity contribution in [1.82, 2.24) is 24.9 Å². The predicted octanol–water partition coefficient (Wildman–Crippen LogP) is 3.91. The molecule has 4 aromatic rings. The Labute approximate surface area is 158 Å². The van der Waals surface area contributed by atoms with Crippen molar-refractivity contribution in [3.8, 4) is 0 Å². The minimum atomic E-state index is 0.720. The van der Waals surface area contributed by atoms with Gasteiger partial charge >= 0.3 is 0 Å². The van der Waals surface area contributed by atoms with Crippen LogP contribution in [0.5, 0.6) is 0 Å². The zero-order chi connectivity index (χ0) is 17.8. The van der Waals surface area contributed by atoms with Crippen LogP contribution in [0.4, 0.5) is 17.2 Å². The molecule has 130 valence electrons. The molecule has 0 spiro atoms. The third kappa shape index (κ3) is 3.50. The van der Waals surface area contributed by atoms with Gasteiger partial charge in [0, 0.05) is 41.7 Å². The van der Waals surface area contributed by atoms with Crippen molar-refractivity contribution >= 4 is 44.0 Å². The Morgan fingerprint density at radius 3 is 2.92 bits per heavy atom. The van der Waals surface area contributed by atoms with Crippen LogP contribution in [0, 0.1) is 0 Å². The van der Waals surface area contributed by atoms with Gasteiger partial charge in [0.2, 0.25) is 0 Å². The van der Waals surface area contributed by atoms with Crippen LogP contribution in [0.15, 0.2) is 60.0 Å². The molecular formula is C18H16BrN7. The Bertz CT molecular complexity index is 1010. The number of halogens is 1. The first-order valence-corrected chi connectivity index (χ1v) is 8.92. The molecule has 0 fully saturated rings. The van der Waals surface area contributed by atoms with Gasteiger partial charge in [0.05, 0.1) is 28.6 Å². The second-order valence-electron chi connectivity index (χ2n) is 5.66. The molecular weight excluding hydrogens is 394 g/mol. The molecule has 0 aliphatic carbocycles. The van der Waals surface area contributed by atoms with E-state index in [1.807, 2.05) is 30.5 Å². The van der Waals surface area contributed by atoms with E-state index >= 15 is 0 Å². The maximum Gasteiger partial charge on any atom is 0.143 e. The molecule has 26 heavy (non-hydrogen) atoms. The summed E-state index contributed by atoms with van der Waals surface area (Å²) in [6.07, 6.45) is 9.41. The second-order valence-corrected chi connectivity index (χ2v) is 6.51. The quantitative estimate of drug-likeness (QED) is 0.447. The van der Waals surface area contributed by atoms with Gasteiger partial charge in [0.15, 0.2) is 0 Å². The molecule has 0 aliphatic rings. The van der Waals surface area contributed by atoms with E-state index in [0.717, 1.165) is 51.2 Å². The number of nitrogens with zero attached hydrogens (tertiary/aromatic N) is 4. The number of para-hydroxylation sites is 1. The fraction of sp³-hybridized carbons (Fsp3) is 0.111. The van der Waals surface area contributed by atoms with Gasteiger partial charge < -0.3 is 15.6 Å². The summed E-state index contributed by atoms with van der Waals surface area (Å²) in [7, 11) is 0. The summed E-state index contributed by atoms with van der Waals surface area (Å²) >= 11 is 3.62. The molecule has 8 heteroatoms. The van der Waals surface area contributed by atoms with Crippen LogP contribution < -0.4 is 10.6 Å². The number of aromatic amines is 1. The van der Waals surface area contributed by atoms with Crippen LogP contribution in [0.1, 0.15) is 5.69 Å². The minimum Gasteiger partial charge on any atom is -0.382 e. The SMILES string of the molecule is Brc1cccc(Nc2ncnc3ccncc23)c1NCCc1cnc[nH]1. The number of benzene rings is 1. The molecule has 0 atom stereocenters. The molecule has 0 saturated heterocycles. The molecule has 4 rings (SSSR count). The van der Waals surface area contributed by atoms with Crippen molar-refractivity contribution < 1.29 is 0 Å². The molecule has 7 nitrogen and oxygen atoms in total. The highest BCUT2D eigenvalue weighted by Crippen LogP contribution is 2.33. The number of fused-ring (bicyclic) bond motifs is 1. The molecule has 0 bridgehead atoms. The van der Waals surface area contributed by atoms with Crippen molar-refractivity contribution in [1.29, 1.82) is 0 Å². The number of hydrogen-bond donors (Lipinski definition) is 3. The van der Waals surface area contributed by atoms with E-state index in [0.29, 0.717) is 0 Å². The molecule has 3 aromatic heterocycles. The van der Waals surface area contributed by atoms with Gasteiger partial charge in [-0.2, -0.15) is 0 Å². The van der Waals surface area contributed by atoms with Gasteiger partial charge in [-0.1, -0.05) is 6.07 Å². The first-order chi connectivity index (χ1) is 12.8. The monoisotopic (exact) mass is 409 g/mol. The Morgan fingerprint density at radius 1 is 1.08 bits per heavy atom. The fourth-order valence-electron chi connectivity index (χ4n) is 2.68. The van der Waals surface area contributed by atoms with Gasteiger partial charge in [0.25, 0.3) is 0 Å². The van der Waals surface area contributed by atoms with E-state index < -0.39 is 0 Å². The summed E-state index contributed by atoms with van der Waals surface area (Å²) in [4.78, 5) is 20.0. The first kappa shape index (κ1) is 16.5. The average molecular weight is 410 g/mol. The smallest absolute Gasteiger partial charge is 0.143 e. The highest BCUT2D eigenvalue weighted by molar-refractivity contribution is 9.10. The van der Waals surface area contributed by atoms with E-state index in [4.69, 9.17) is 0 Å². The highest BCUT2D eigenvalue weighted by atomic mass is 79.9. The van der Waals surface area contributed by atoms with E-state index in [1.54, 1.807) is 25.0 Å². The Hall–Kier alpha value is -3.00. The van der Waals surface area contributed by atoms with Gasteiger partial charge in [0.1, 0.15) is 12.1 Å². The van der Waals surface area contributed by atoms with Crippen LogP contribution in [-0.2, 0) is 6.42 Å². The van der Waals surface area contributed by atoms with Crippen molar-refractivity contribution in [2.75, 3.05) is 17.2 Å². The van der Waals surface area contributed by atoms with Gasteiger partial charge in [-0.15, -0.1) is 0 Å². The van der Waals surface area contributed by atoms with Crippen LogP contribution in [0.25, 0.3) is 10.9 Å². The predicted molar refractivity (Wildman–Crippen MR) is 106 cm³/mol. The Balaban J connectivity index is 1.59. The van der Waals surface area contributed by atoms with E-state index in [1.165, 1.54) is 0 Å². The molecule has 0 radical (unpaired) electrons. The lowest BCUT2D eigenvalue weighted by Crippen LogP contribution is -2.08. The molecule has 0 aliphatic heterocycles. The van der Waals surface area contributed by atoms with Crippen molar-refractivity contribution in [2.45, 2.75) is 6.42 Å². The van der Waals surface area contributed by atoms with Crippen molar-refractivity contribution in [2.24, 2.45) is 0 Å². The summed E-state index contributed by atoms with van der Waals surface area (Å²) in [6, 6.07) is 7.86. The molecule has 1 aromatic carbocycles. The third-order valence-electron chi connectivity index (χ3n) is 3.95. The summed E-state index contributed by atoms with van der Waals surface area (Å²) in [5.41, 5.74) is 3.84. The maximum atomic E-state index is 4.38. The fourth-order valence-corrected chi connectivity index (χ4v) is 3.19. The molecule has 3 heterocycles. The average Bonchev–Trinajstić information content (AvgIpc) is 3.18. The molecule has 0 amide bonds. The lowest BCUT2D eigenvalue weighted by atomic mass is 10.2. The molecule has 0 unspecified atom stereocenters. The Kier molecular flexibility index (Phi) is 4.74. The first-order valence-electron chi connectivity index (χ1n) is 8.12. The van der Waals surface area contributed by atoms with Crippen LogP contribution in [0.2, 0.25) is 0 Å². The number of pyridine rings is 1. The highest BCUT2D eigenvalue weighted by Gasteiger charge is 2.10. The lowest BCUT2D eigenvalue weighted by Gasteiger charge is -2.15. The largest absolute Gasteiger partial charge is 0.382 e. The summed E-state index contributed by atoms with van der Waals surface area (Å²) in [6.45, 7) is 0.769. The molecule has 0 saturated carbocycles. The lowest BCUT2D eigenvalue weighted by molar-refractivity contribution is 0.976.